The third kappa shape index (κ3) is 3.52. The Balaban J connectivity index is 1.72. The molecule has 1 fully saturated rings. The minimum Gasteiger partial charge on any atom is -0.508 e. The molecule has 1 aliphatic heterocycles. The van der Waals surface area contributed by atoms with Crippen molar-refractivity contribution in [2.45, 2.75) is 24.6 Å². The summed E-state index contributed by atoms with van der Waals surface area (Å²) in [6.07, 6.45) is -5.05. The second-order valence-corrected chi connectivity index (χ2v) is 6.66. The highest BCUT2D eigenvalue weighted by Crippen LogP contribution is 2.33. The van der Waals surface area contributed by atoms with Crippen LogP contribution in [-0.2, 0) is 4.74 Å². The number of aliphatic hydroxyl groups is 3. The molecule has 0 aliphatic carbocycles. The van der Waals surface area contributed by atoms with Gasteiger partial charge in [0.2, 0.25) is 6.29 Å². The first kappa shape index (κ1) is 19.2. The molecule has 2 aromatic carbocycles. The maximum Gasteiger partial charge on any atom is 0.229 e. The van der Waals surface area contributed by atoms with Crippen molar-refractivity contribution in [3.05, 3.63) is 52.7 Å². The Hall–Kier alpha value is -3.11. The first-order valence-electron chi connectivity index (χ1n) is 8.77. The third-order valence-electron chi connectivity index (χ3n) is 4.69. The number of phenols is 2. The van der Waals surface area contributed by atoms with Gasteiger partial charge in [-0.3, -0.25) is 4.79 Å². The lowest BCUT2D eigenvalue weighted by molar-refractivity contribution is -0.116. The van der Waals surface area contributed by atoms with E-state index in [9.17, 15) is 25.2 Å². The van der Waals surface area contributed by atoms with Crippen LogP contribution >= 0.6 is 0 Å². The lowest BCUT2D eigenvalue weighted by Crippen LogP contribution is -2.35. The quantitative estimate of drug-likeness (QED) is 0.425. The maximum atomic E-state index is 12.5. The Bertz CT molecular complexity index is 1090. The SMILES string of the molecule is O=c1cc(-c2ccc(O)cc2)oc2cc(OC3O[C@H](CO)[C@H](O)[C@H]3O)cc(O)c12. The van der Waals surface area contributed by atoms with E-state index < -0.39 is 42.4 Å². The lowest BCUT2D eigenvalue weighted by Gasteiger charge is -2.17. The van der Waals surface area contributed by atoms with Crippen LogP contribution in [0.1, 0.15) is 0 Å². The molecule has 9 heteroatoms. The molecule has 1 saturated heterocycles. The van der Waals surface area contributed by atoms with Gasteiger partial charge in [0.15, 0.2) is 5.43 Å². The summed E-state index contributed by atoms with van der Waals surface area (Å²) in [5, 5.41) is 48.6. The van der Waals surface area contributed by atoms with Gasteiger partial charge in [0, 0.05) is 23.8 Å². The molecule has 3 aromatic rings. The topological polar surface area (TPSA) is 150 Å². The predicted molar refractivity (Wildman–Crippen MR) is 99.6 cm³/mol. The van der Waals surface area contributed by atoms with Gasteiger partial charge in [-0.15, -0.1) is 0 Å². The zero-order chi connectivity index (χ0) is 20.7. The van der Waals surface area contributed by atoms with Crippen molar-refractivity contribution < 1.29 is 39.4 Å². The molecule has 0 bridgehead atoms. The number of benzene rings is 2. The van der Waals surface area contributed by atoms with Crippen LogP contribution in [0.5, 0.6) is 17.2 Å². The van der Waals surface area contributed by atoms with E-state index in [0.717, 1.165) is 6.07 Å². The number of ether oxygens (including phenoxy) is 2. The molecule has 29 heavy (non-hydrogen) atoms. The van der Waals surface area contributed by atoms with Crippen molar-refractivity contribution in [2.75, 3.05) is 6.61 Å². The zero-order valence-corrected chi connectivity index (χ0v) is 14.9. The average molecular weight is 402 g/mol. The number of hydrogen-bond acceptors (Lipinski definition) is 9. The van der Waals surface area contributed by atoms with Gasteiger partial charge in [-0.1, -0.05) is 0 Å². The summed E-state index contributed by atoms with van der Waals surface area (Å²) in [6, 6.07) is 9.75. The third-order valence-corrected chi connectivity index (χ3v) is 4.69. The van der Waals surface area contributed by atoms with Gasteiger partial charge in [0.25, 0.3) is 0 Å². The van der Waals surface area contributed by atoms with Gasteiger partial charge in [-0.05, 0) is 24.3 Å². The van der Waals surface area contributed by atoms with Gasteiger partial charge in [0.05, 0.1) is 6.61 Å². The van der Waals surface area contributed by atoms with E-state index in [4.69, 9.17) is 19.0 Å². The van der Waals surface area contributed by atoms with Crippen LogP contribution in [0, 0.1) is 0 Å². The minimum absolute atomic E-state index is 0.0239. The number of phenolic OH excluding ortho intramolecular Hbond substituents is 2. The van der Waals surface area contributed by atoms with E-state index >= 15 is 0 Å². The highest BCUT2D eigenvalue weighted by atomic mass is 16.7. The van der Waals surface area contributed by atoms with E-state index in [2.05, 4.69) is 0 Å². The van der Waals surface area contributed by atoms with Gasteiger partial charge in [-0.2, -0.15) is 0 Å². The van der Waals surface area contributed by atoms with E-state index in [-0.39, 0.29) is 28.2 Å². The van der Waals surface area contributed by atoms with Gasteiger partial charge >= 0.3 is 0 Å². The normalized spacial score (nSPS) is 24.1. The Morgan fingerprint density at radius 1 is 1.00 bits per heavy atom. The summed E-state index contributed by atoms with van der Waals surface area (Å²) < 4.78 is 16.5. The number of aromatic hydroxyl groups is 2. The summed E-state index contributed by atoms with van der Waals surface area (Å²) in [5.41, 5.74) is 0.0877. The van der Waals surface area contributed by atoms with Crippen LogP contribution < -0.4 is 10.2 Å². The van der Waals surface area contributed by atoms with Crippen molar-refractivity contribution in [3.63, 3.8) is 0 Å². The largest absolute Gasteiger partial charge is 0.508 e. The Morgan fingerprint density at radius 2 is 1.72 bits per heavy atom. The molecule has 2 heterocycles. The fourth-order valence-electron chi connectivity index (χ4n) is 3.18. The molecule has 0 spiro atoms. The van der Waals surface area contributed by atoms with Crippen molar-refractivity contribution in [3.8, 4) is 28.6 Å². The number of hydrogen-bond donors (Lipinski definition) is 5. The number of aliphatic hydroxyl groups excluding tert-OH is 3. The van der Waals surface area contributed by atoms with Crippen LogP contribution in [0.2, 0.25) is 0 Å². The van der Waals surface area contributed by atoms with E-state index in [1.165, 1.54) is 24.3 Å². The van der Waals surface area contributed by atoms with E-state index in [1.807, 2.05) is 0 Å². The van der Waals surface area contributed by atoms with E-state index in [1.54, 1.807) is 12.1 Å². The number of fused-ring (bicyclic) bond motifs is 1. The fraction of sp³-hybridized carbons (Fsp3) is 0.250. The molecule has 0 radical (unpaired) electrons. The highest BCUT2D eigenvalue weighted by Gasteiger charge is 2.44. The average Bonchev–Trinajstić information content (AvgIpc) is 2.95. The summed E-state index contributed by atoms with van der Waals surface area (Å²) in [7, 11) is 0. The monoisotopic (exact) mass is 402 g/mol. The minimum atomic E-state index is -1.42. The molecule has 0 saturated carbocycles. The first-order valence-corrected chi connectivity index (χ1v) is 8.77. The van der Waals surface area contributed by atoms with E-state index in [0.29, 0.717) is 5.56 Å². The molecule has 1 aliphatic rings. The van der Waals surface area contributed by atoms with Crippen molar-refractivity contribution in [1.82, 2.24) is 0 Å². The van der Waals surface area contributed by atoms with Crippen LogP contribution in [0.4, 0.5) is 0 Å². The molecule has 4 rings (SSSR count). The fourth-order valence-corrected chi connectivity index (χ4v) is 3.18. The Morgan fingerprint density at radius 3 is 2.38 bits per heavy atom. The smallest absolute Gasteiger partial charge is 0.229 e. The molecule has 5 N–H and O–H groups in total. The molecule has 1 unspecified atom stereocenters. The van der Waals surface area contributed by atoms with Crippen molar-refractivity contribution in [2.24, 2.45) is 0 Å². The molecular formula is C20H18O9. The van der Waals surface area contributed by atoms with Gasteiger partial charge in [-0.25, -0.2) is 0 Å². The molecule has 9 nitrogen and oxygen atoms in total. The molecule has 0 amide bonds. The van der Waals surface area contributed by atoms with Crippen molar-refractivity contribution in [1.29, 1.82) is 0 Å². The predicted octanol–water partition coefficient (Wildman–Crippen LogP) is 0.689. The molecular weight excluding hydrogens is 384 g/mol. The van der Waals surface area contributed by atoms with Gasteiger partial charge in [0.1, 0.15) is 52.3 Å². The van der Waals surface area contributed by atoms with Crippen molar-refractivity contribution >= 4 is 11.0 Å². The Kier molecular flexibility index (Phi) is 4.89. The molecule has 4 atom stereocenters. The first-order chi connectivity index (χ1) is 13.9. The second kappa shape index (κ2) is 7.37. The van der Waals surface area contributed by atoms with Gasteiger partial charge < -0.3 is 39.4 Å². The summed E-state index contributed by atoms with van der Waals surface area (Å²) in [5.74, 6) is -0.0956. The standard InChI is InChI=1S/C20H18O9/c21-8-16-18(25)19(26)20(29-16)27-11-5-12(23)17-13(24)7-14(28-15(17)6-11)9-1-3-10(22)4-2-9/h1-7,16,18-23,25-26H,8H2/t16-,18+,19-,20?/m1/s1. The lowest BCUT2D eigenvalue weighted by atomic mass is 10.1. The van der Waals surface area contributed by atoms with Crippen LogP contribution in [0.25, 0.3) is 22.3 Å². The highest BCUT2D eigenvalue weighted by molar-refractivity contribution is 5.86. The zero-order valence-electron chi connectivity index (χ0n) is 14.9. The number of rotatable bonds is 4. The second-order valence-electron chi connectivity index (χ2n) is 6.66. The molecule has 152 valence electrons. The van der Waals surface area contributed by atoms with Crippen LogP contribution in [0.3, 0.4) is 0 Å². The molecule has 1 aromatic heterocycles. The van der Waals surface area contributed by atoms with Crippen LogP contribution in [0.15, 0.2) is 51.7 Å². The summed E-state index contributed by atoms with van der Waals surface area (Å²) in [4.78, 5) is 12.5. The summed E-state index contributed by atoms with van der Waals surface area (Å²) in [6.45, 7) is -0.508. The van der Waals surface area contributed by atoms with Crippen LogP contribution in [-0.4, -0.2) is 56.7 Å². The summed E-state index contributed by atoms with van der Waals surface area (Å²) >= 11 is 0. The maximum absolute atomic E-state index is 12.5. The Labute approximate surface area is 163 Å².